The number of phenols is 1. The molecule has 0 saturated carbocycles. The van der Waals surface area contributed by atoms with Gasteiger partial charge in [0.2, 0.25) is 0 Å². The third-order valence-corrected chi connectivity index (χ3v) is 5.02. The van der Waals surface area contributed by atoms with Crippen LogP contribution in [0.3, 0.4) is 0 Å². The minimum Gasteiger partial charge on any atom is -0.508 e. The first-order valence-corrected chi connectivity index (χ1v) is 8.90. The first-order chi connectivity index (χ1) is 13.6. The number of nitrogens with zero attached hydrogens (tertiary/aromatic N) is 4. The second-order valence-electron chi connectivity index (χ2n) is 6.84. The highest BCUT2D eigenvalue weighted by Gasteiger charge is 2.25. The van der Waals surface area contributed by atoms with Crippen molar-refractivity contribution in [2.75, 3.05) is 17.6 Å². The summed E-state index contributed by atoms with van der Waals surface area (Å²) in [5.41, 5.74) is 9.86. The molecule has 0 radical (unpaired) electrons. The van der Waals surface area contributed by atoms with Gasteiger partial charge < -0.3 is 16.2 Å². The molecule has 1 aliphatic heterocycles. The van der Waals surface area contributed by atoms with Crippen molar-refractivity contribution in [2.24, 2.45) is 0 Å². The average Bonchev–Trinajstić information content (AvgIpc) is 3.08. The zero-order valence-corrected chi connectivity index (χ0v) is 14.8. The summed E-state index contributed by atoms with van der Waals surface area (Å²) in [6, 6.07) is 11.9. The molecule has 1 aliphatic rings. The number of rotatable bonds is 2. The first-order valence-electron chi connectivity index (χ1n) is 8.90. The number of hydrogen-bond acceptors (Lipinski definition) is 6. The van der Waals surface area contributed by atoms with Crippen LogP contribution in [0.4, 0.5) is 15.9 Å². The lowest BCUT2D eigenvalue weighted by Gasteiger charge is -2.26. The van der Waals surface area contributed by atoms with Gasteiger partial charge in [0.25, 0.3) is 0 Å². The van der Waals surface area contributed by atoms with Gasteiger partial charge in [-0.2, -0.15) is 5.10 Å². The normalized spacial score (nSPS) is 16.0. The van der Waals surface area contributed by atoms with Crippen molar-refractivity contribution < 1.29 is 9.50 Å². The van der Waals surface area contributed by atoms with E-state index in [0.717, 1.165) is 18.2 Å². The van der Waals surface area contributed by atoms with Crippen molar-refractivity contribution in [3.8, 4) is 17.0 Å². The number of fused-ring (bicyclic) bond motifs is 2. The highest BCUT2D eigenvalue weighted by molar-refractivity contribution is 5.98. The van der Waals surface area contributed by atoms with E-state index in [2.05, 4.69) is 21.4 Å². The molecule has 7 nitrogen and oxygen atoms in total. The van der Waals surface area contributed by atoms with E-state index in [-0.39, 0.29) is 17.6 Å². The number of aromatic hydroxyl groups is 1. The van der Waals surface area contributed by atoms with Gasteiger partial charge in [-0.1, -0.05) is 18.2 Å². The minimum absolute atomic E-state index is 0.00241. The zero-order chi connectivity index (χ0) is 19.3. The summed E-state index contributed by atoms with van der Waals surface area (Å²) < 4.78 is 15.7. The van der Waals surface area contributed by atoms with E-state index in [1.807, 2.05) is 22.9 Å². The number of aromatic nitrogens is 4. The molecule has 28 heavy (non-hydrogen) atoms. The van der Waals surface area contributed by atoms with Crippen LogP contribution in [0.5, 0.6) is 5.75 Å². The molecule has 0 aliphatic carbocycles. The monoisotopic (exact) mass is 376 g/mol. The van der Waals surface area contributed by atoms with Crippen LogP contribution in [0.15, 0.2) is 48.8 Å². The molecule has 4 aromatic rings. The topological polar surface area (TPSA) is 102 Å². The third-order valence-electron chi connectivity index (χ3n) is 5.02. The Hall–Kier alpha value is -3.68. The SMILES string of the molecule is Nc1ncnc2c1c(-c1cc(O)cc(F)c1)nn2C1CNc2ccccc2C1. The fourth-order valence-electron chi connectivity index (χ4n) is 3.76. The Morgan fingerprint density at radius 3 is 2.89 bits per heavy atom. The van der Waals surface area contributed by atoms with Crippen LogP contribution in [-0.4, -0.2) is 31.4 Å². The van der Waals surface area contributed by atoms with Gasteiger partial charge in [-0.25, -0.2) is 19.0 Å². The number of phenolic OH excluding ortho intramolecular Hbond substituents is 1. The number of nitrogens with two attached hydrogens (primary N) is 1. The van der Waals surface area contributed by atoms with Gasteiger partial charge in [-0.05, 0) is 30.2 Å². The number of nitrogen functional groups attached to an aromatic ring is 1. The average molecular weight is 376 g/mol. The molecule has 4 N–H and O–H groups in total. The number of hydrogen-bond donors (Lipinski definition) is 3. The predicted molar refractivity (Wildman–Crippen MR) is 104 cm³/mol. The summed E-state index contributed by atoms with van der Waals surface area (Å²) in [6.07, 6.45) is 2.17. The van der Waals surface area contributed by atoms with Crippen LogP contribution in [-0.2, 0) is 6.42 Å². The van der Waals surface area contributed by atoms with Crippen LogP contribution < -0.4 is 11.1 Å². The summed E-state index contributed by atoms with van der Waals surface area (Å²) >= 11 is 0. The Bertz CT molecular complexity index is 1180. The Balaban J connectivity index is 1.68. The molecule has 2 aromatic carbocycles. The lowest BCUT2D eigenvalue weighted by Crippen LogP contribution is -2.27. The summed E-state index contributed by atoms with van der Waals surface area (Å²) in [5.74, 6) is -0.470. The van der Waals surface area contributed by atoms with Crippen molar-refractivity contribution >= 4 is 22.5 Å². The van der Waals surface area contributed by atoms with Crippen molar-refractivity contribution in [3.05, 3.63) is 60.2 Å². The lowest BCUT2D eigenvalue weighted by molar-refractivity contribution is 0.468. The van der Waals surface area contributed by atoms with E-state index < -0.39 is 5.82 Å². The largest absolute Gasteiger partial charge is 0.508 e. The van der Waals surface area contributed by atoms with E-state index in [1.54, 1.807) is 0 Å². The van der Waals surface area contributed by atoms with Gasteiger partial charge >= 0.3 is 0 Å². The van der Waals surface area contributed by atoms with E-state index in [9.17, 15) is 9.50 Å². The molecule has 5 rings (SSSR count). The second kappa shape index (κ2) is 6.19. The predicted octanol–water partition coefficient (Wildman–Crippen LogP) is 3.13. The lowest BCUT2D eigenvalue weighted by atomic mass is 10.00. The maximum Gasteiger partial charge on any atom is 0.164 e. The Kier molecular flexibility index (Phi) is 3.65. The summed E-state index contributed by atoms with van der Waals surface area (Å²) in [6.45, 7) is 0.672. The summed E-state index contributed by atoms with van der Waals surface area (Å²) in [4.78, 5) is 8.46. The Morgan fingerprint density at radius 1 is 1.18 bits per heavy atom. The molecule has 2 aromatic heterocycles. The molecule has 0 bridgehead atoms. The molecule has 1 unspecified atom stereocenters. The van der Waals surface area contributed by atoms with Crippen LogP contribution in [0, 0.1) is 5.82 Å². The maximum atomic E-state index is 13.9. The molecule has 0 amide bonds. The molecule has 1 atom stereocenters. The van der Waals surface area contributed by atoms with E-state index in [0.29, 0.717) is 28.8 Å². The van der Waals surface area contributed by atoms with Gasteiger partial charge in [0.15, 0.2) is 5.65 Å². The fourth-order valence-corrected chi connectivity index (χ4v) is 3.76. The number of para-hydroxylation sites is 1. The van der Waals surface area contributed by atoms with Crippen molar-refractivity contribution in [2.45, 2.75) is 12.5 Å². The van der Waals surface area contributed by atoms with Gasteiger partial charge in [0.1, 0.15) is 29.4 Å². The number of nitrogens with one attached hydrogen (secondary N) is 1. The molecule has 0 spiro atoms. The molecule has 8 heteroatoms. The van der Waals surface area contributed by atoms with Gasteiger partial charge in [0.05, 0.1) is 11.4 Å². The maximum absolute atomic E-state index is 13.9. The van der Waals surface area contributed by atoms with E-state index in [4.69, 9.17) is 10.8 Å². The smallest absolute Gasteiger partial charge is 0.164 e. The van der Waals surface area contributed by atoms with Gasteiger partial charge in [-0.3, -0.25) is 0 Å². The summed E-state index contributed by atoms with van der Waals surface area (Å²) in [5, 5.41) is 18.5. The molecule has 0 saturated heterocycles. The molecule has 3 heterocycles. The molecular weight excluding hydrogens is 359 g/mol. The van der Waals surface area contributed by atoms with Gasteiger partial charge in [-0.15, -0.1) is 0 Å². The molecular formula is C20H17FN6O. The van der Waals surface area contributed by atoms with Crippen molar-refractivity contribution in [1.82, 2.24) is 19.7 Å². The van der Waals surface area contributed by atoms with E-state index >= 15 is 0 Å². The standard InChI is InChI=1S/C20H17FN6O/c21-13-5-12(7-15(28)8-13)18-17-19(22)24-10-25-20(17)27(26-18)14-6-11-3-1-2-4-16(11)23-9-14/h1-5,7-8,10,14,23,28H,6,9H2,(H2,22,24,25). The number of halogens is 1. The van der Waals surface area contributed by atoms with Gasteiger partial charge in [0, 0.05) is 23.9 Å². The number of anilines is 2. The van der Waals surface area contributed by atoms with Crippen LogP contribution in [0.1, 0.15) is 11.6 Å². The fraction of sp³-hybridized carbons (Fsp3) is 0.150. The van der Waals surface area contributed by atoms with Crippen molar-refractivity contribution in [1.29, 1.82) is 0 Å². The zero-order valence-electron chi connectivity index (χ0n) is 14.8. The third kappa shape index (κ3) is 2.61. The quantitative estimate of drug-likeness (QED) is 0.497. The first kappa shape index (κ1) is 16.5. The highest BCUT2D eigenvalue weighted by Crippen LogP contribution is 2.35. The van der Waals surface area contributed by atoms with Crippen LogP contribution >= 0.6 is 0 Å². The highest BCUT2D eigenvalue weighted by atomic mass is 19.1. The number of benzene rings is 2. The summed E-state index contributed by atoms with van der Waals surface area (Å²) in [7, 11) is 0. The van der Waals surface area contributed by atoms with Crippen LogP contribution in [0.25, 0.3) is 22.3 Å². The van der Waals surface area contributed by atoms with E-state index in [1.165, 1.54) is 24.0 Å². The Labute approximate surface area is 159 Å². The second-order valence-corrected chi connectivity index (χ2v) is 6.84. The van der Waals surface area contributed by atoms with Crippen molar-refractivity contribution in [3.63, 3.8) is 0 Å². The molecule has 140 valence electrons. The Morgan fingerprint density at radius 2 is 2.04 bits per heavy atom. The van der Waals surface area contributed by atoms with Crippen LogP contribution in [0.2, 0.25) is 0 Å². The molecule has 0 fully saturated rings. The minimum atomic E-state index is -0.554.